The van der Waals surface area contributed by atoms with Gasteiger partial charge in [0, 0.05) is 5.57 Å². The van der Waals surface area contributed by atoms with Gasteiger partial charge in [0.2, 0.25) is 5.91 Å². The molecule has 2 aliphatic rings. The Labute approximate surface area is 172 Å². The molecule has 30 heavy (non-hydrogen) atoms. The summed E-state index contributed by atoms with van der Waals surface area (Å²) in [5.74, 6) is -0.0972. The predicted octanol–water partition coefficient (Wildman–Crippen LogP) is 2.62. The average molecular weight is 405 g/mol. The number of rotatable bonds is 6. The molecule has 1 aliphatic heterocycles. The highest BCUT2D eigenvalue weighted by atomic mass is 16.5. The van der Waals surface area contributed by atoms with Crippen molar-refractivity contribution in [2.75, 3.05) is 7.11 Å². The third-order valence-corrected chi connectivity index (χ3v) is 4.84. The monoisotopic (exact) mass is 405 g/mol. The zero-order valence-electron chi connectivity index (χ0n) is 16.2. The van der Waals surface area contributed by atoms with E-state index in [-0.39, 0.29) is 30.6 Å². The molecule has 4 amide bonds. The number of carbonyl (C=O) groups excluding carboxylic acids is 3. The standard InChI is InChI=1S/C22H19N3O5/c1-29-16-7-4-14(5-8-16)13-25-21(27)18-9-6-15(11-19(18)24-22(25)28)20(26)23-12-17-3-2-10-30-17/h2-11,18H,12-13H2,1H3,(H,23,26). The number of nitrogens with one attached hydrogen (secondary N) is 1. The number of fused-ring (bicyclic) bond motifs is 1. The number of amides is 4. The van der Waals surface area contributed by atoms with Crippen LogP contribution >= 0.6 is 0 Å². The van der Waals surface area contributed by atoms with Crippen molar-refractivity contribution >= 4 is 23.6 Å². The van der Waals surface area contributed by atoms with Gasteiger partial charge < -0.3 is 14.5 Å². The van der Waals surface area contributed by atoms with Crippen LogP contribution in [0.1, 0.15) is 11.3 Å². The molecule has 0 radical (unpaired) electrons. The molecule has 0 spiro atoms. The number of hydrogen-bond acceptors (Lipinski definition) is 5. The zero-order valence-corrected chi connectivity index (χ0v) is 16.2. The van der Waals surface area contributed by atoms with Crippen LogP contribution in [0.3, 0.4) is 0 Å². The number of hydrogen-bond donors (Lipinski definition) is 1. The number of aliphatic imine (C=N–C) groups is 1. The lowest BCUT2D eigenvalue weighted by Crippen LogP contribution is -2.46. The number of allylic oxidation sites excluding steroid dienone is 1. The van der Waals surface area contributed by atoms with Gasteiger partial charge in [-0.2, -0.15) is 4.99 Å². The fourth-order valence-corrected chi connectivity index (χ4v) is 3.22. The Morgan fingerprint density at radius 1 is 1.23 bits per heavy atom. The minimum Gasteiger partial charge on any atom is -0.497 e. The summed E-state index contributed by atoms with van der Waals surface area (Å²) < 4.78 is 10.3. The van der Waals surface area contributed by atoms with E-state index in [1.807, 2.05) is 0 Å². The number of methoxy groups -OCH3 is 1. The van der Waals surface area contributed by atoms with Crippen LogP contribution in [0, 0.1) is 5.92 Å². The molecule has 1 atom stereocenters. The fourth-order valence-electron chi connectivity index (χ4n) is 3.22. The second-order valence-electron chi connectivity index (χ2n) is 6.79. The smallest absolute Gasteiger partial charge is 0.350 e. The van der Waals surface area contributed by atoms with Gasteiger partial charge in [-0.25, -0.2) is 4.79 Å². The van der Waals surface area contributed by atoms with Crippen molar-refractivity contribution in [1.29, 1.82) is 0 Å². The van der Waals surface area contributed by atoms with E-state index < -0.39 is 11.9 Å². The molecule has 1 N–H and O–H groups in total. The van der Waals surface area contributed by atoms with Crippen molar-refractivity contribution in [2.45, 2.75) is 13.1 Å². The van der Waals surface area contributed by atoms with Crippen LogP contribution in [0.15, 0.2) is 75.9 Å². The molecule has 0 fully saturated rings. The molecule has 2 aromatic rings. The van der Waals surface area contributed by atoms with Crippen LogP contribution in [0.25, 0.3) is 0 Å². The third-order valence-electron chi connectivity index (χ3n) is 4.84. The molecule has 1 unspecified atom stereocenters. The van der Waals surface area contributed by atoms with Gasteiger partial charge in [-0.05, 0) is 35.9 Å². The Morgan fingerprint density at radius 3 is 2.73 bits per heavy atom. The third kappa shape index (κ3) is 3.93. The number of furan rings is 1. The first-order valence-corrected chi connectivity index (χ1v) is 9.32. The predicted molar refractivity (Wildman–Crippen MR) is 108 cm³/mol. The molecule has 1 aromatic carbocycles. The lowest BCUT2D eigenvalue weighted by molar-refractivity contribution is -0.130. The van der Waals surface area contributed by atoms with E-state index in [0.717, 1.165) is 10.5 Å². The number of imide groups is 1. The van der Waals surface area contributed by atoms with Crippen LogP contribution < -0.4 is 10.1 Å². The normalized spacial score (nSPS) is 17.9. The molecule has 0 saturated carbocycles. The minimum absolute atomic E-state index is 0.114. The first-order chi connectivity index (χ1) is 14.5. The van der Waals surface area contributed by atoms with Crippen molar-refractivity contribution in [2.24, 2.45) is 10.9 Å². The van der Waals surface area contributed by atoms with Gasteiger partial charge >= 0.3 is 6.03 Å². The van der Waals surface area contributed by atoms with Crippen LogP contribution in [-0.2, 0) is 22.7 Å². The molecule has 0 bridgehead atoms. The SMILES string of the molecule is COc1ccc(CN2C(=O)N=C3C=C(C(=O)NCc4ccco4)C=CC3C2=O)cc1. The molecule has 1 aliphatic carbocycles. The van der Waals surface area contributed by atoms with Crippen molar-refractivity contribution in [3.63, 3.8) is 0 Å². The fraction of sp³-hybridized carbons (Fsp3) is 0.182. The first-order valence-electron chi connectivity index (χ1n) is 9.32. The molecule has 4 rings (SSSR count). The molecule has 2 heterocycles. The second kappa shape index (κ2) is 8.20. The van der Waals surface area contributed by atoms with Crippen molar-refractivity contribution in [1.82, 2.24) is 10.2 Å². The van der Waals surface area contributed by atoms with Gasteiger partial charge in [-0.3, -0.25) is 14.5 Å². The summed E-state index contributed by atoms with van der Waals surface area (Å²) in [4.78, 5) is 42.9. The average Bonchev–Trinajstić information content (AvgIpc) is 3.28. The van der Waals surface area contributed by atoms with Crippen molar-refractivity contribution in [3.05, 3.63) is 77.8 Å². The molecule has 152 valence electrons. The topological polar surface area (TPSA) is 101 Å². The Balaban J connectivity index is 1.47. The van der Waals surface area contributed by atoms with E-state index in [9.17, 15) is 14.4 Å². The lowest BCUT2D eigenvalue weighted by Gasteiger charge is -2.29. The quantitative estimate of drug-likeness (QED) is 0.796. The Bertz CT molecular complexity index is 1060. The van der Waals surface area contributed by atoms with Gasteiger partial charge in [0.1, 0.15) is 11.5 Å². The van der Waals surface area contributed by atoms with Gasteiger partial charge in [-0.1, -0.05) is 24.3 Å². The highest BCUT2D eigenvalue weighted by molar-refractivity contribution is 6.23. The Hall–Kier alpha value is -3.94. The van der Waals surface area contributed by atoms with Crippen molar-refractivity contribution in [3.8, 4) is 5.75 Å². The van der Waals surface area contributed by atoms with Crippen molar-refractivity contribution < 1.29 is 23.5 Å². The van der Waals surface area contributed by atoms with E-state index in [0.29, 0.717) is 17.1 Å². The number of carbonyl (C=O) groups is 3. The van der Waals surface area contributed by atoms with E-state index in [1.54, 1.807) is 55.7 Å². The van der Waals surface area contributed by atoms with Crippen LogP contribution in [-0.4, -0.2) is 35.6 Å². The number of nitrogens with zero attached hydrogens (tertiary/aromatic N) is 2. The number of ether oxygens (including phenoxy) is 1. The summed E-state index contributed by atoms with van der Waals surface area (Å²) in [5.41, 5.74) is 1.37. The molecule has 1 aromatic heterocycles. The first kappa shape index (κ1) is 19.4. The van der Waals surface area contributed by atoms with Gasteiger partial charge in [0.05, 0.1) is 38.1 Å². The summed E-state index contributed by atoms with van der Waals surface area (Å²) >= 11 is 0. The maximum Gasteiger partial charge on any atom is 0.350 e. The highest BCUT2D eigenvalue weighted by Crippen LogP contribution is 2.24. The Morgan fingerprint density at radius 2 is 2.03 bits per heavy atom. The highest BCUT2D eigenvalue weighted by Gasteiger charge is 2.36. The second-order valence-corrected chi connectivity index (χ2v) is 6.79. The van der Waals surface area contributed by atoms with E-state index in [4.69, 9.17) is 9.15 Å². The number of benzene rings is 1. The van der Waals surface area contributed by atoms with E-state index in [2.05, 4.69) is 10.3 Å². The number of urea groups is 1. The Kier molecular flexibility index (Phi) is 5.30. The molecule has 8 heteroatoms. The van der Waals surface area contributed by atoms with E-state index >= 15 is 0 Å². The van der Waals surface area contributed by atoms with Gasteiger partial charge in [0.15, 0.2) is 0 Å². The summed E-state index contributed by atoms with van der Waals surface area (Å²) in [6, 6.07) is 9.94. The molecule has 0 saturated heterocycles. The minimum atomic E-state index is -0.692. The molecular formula is C22H19N3O5. The van der Waals surface area contributed by atoms with Crippen LogP contribution in [0.4, 0.5) is 4.79 Å². The zero-order chi connectivity index (χ0) is 21.1. The maximum absolute atomic E-state index is 12.9. The maximum atomic E-state index is 12.9. The molecule has 8 nitrogen and oxygen atoms in total. The largest absolute Gasteiger partial charge is 0.497 e. The summed E-state index contributed by atoms with van der Waals surface area (Å²) in [6.07, 6.45) is 6.16. The summed E-state index contributed by atoms with van der Waals surface area (Å²) in [5, 5.41) is 2.73. The van der Waals surface area contributed by atoms with E-state index in [1.165, 1.54) is 12.3 Å². The van der Waals surface area contributed by atoms with Crippen LogP contribution in [0.2, 0.25) is 0 Å². The molecular weight excluding hydrogens is 386 g/mol. The van der Waals surface area contributed by atoms with Crippen LogP contribution in [0.5, 0.6) is 5.75 Å². The lowest BCUT2D eigenvalue weighted by atomic mass is 9.91. The summed E-state index contributed by atoms with van der Waals surface area (Å²) in [7, 11) is 1.57. The van der Waals surface area contributed by atoms with Gasteiger partial charge in [0.25, 0.3) is 5.91 Å². The van der Waals surface area contributed by atoms with Gasteiger partial charge in [-0.15, -0.1) is 0 Å². The summed E-state index contributed by atoms with van der Waals surface area (Å²) in [6.45, 7) is 0.351.